The summed E-state index contributed by atoms with van der Waals surface area (Å²) in [7, 11) is 1.39. The van der Waals surface area contributed by atoms with E-state index in [0.29, 0.717) is 5.75 Å². The lowest BCUT2D eigenvalue weighted by molar-refractivity contribution is -0.117. The molecule has 5 heteroatoms. The molecular weight excluding hydrogens is 209 g/mol. The van der Waals surface area contributed by atoms with Crippen LogP contribution >= 0.6 is 11.6 Å². The third-order valence-electron chi connectivity index (χ3n) is 1.67. The van der Waals surface area contributed by atoms with E-state index in [-0.39, 0.29) is 5.56 Å². The topological polar surface area (TPSA) is 52.3 Å². The molecule has 1 atom stereocenters. The van der Waals surface area contributed by atoms with Crippen molar-refractivity contribution in [1.82, 2.24) is 0 Å². The molecule has 0 spiro atoms. The number of carbonyl (C=O) groups excluding carboxylic acids is 1. The number of halogens is 2. The first-order valence-electron chi connectivity index (χ1n) is 3.82. The first-order chi connectivity index (χ1) is 6.54. The van der Waals surface area contributed by atoms with Crippen LogP contribution in [0.1, 0.15) is 10.9 Å². The zero-order valence-electron chi connectivity index (χ0n) is 7.46. The number of primary amides is 1. The molecule has 1 aromatic carbocycles. The van der Waals surface area contributed by atoms with E-state index >= 15 is 0 Å². The molecule has 0 radical (unpaired) electrons. The number of ether oxygens (including phenoxy) is 1. The van der Waals surface area contributed by atoms with Gasteiger partial charge in [-0.25, -0.2) is 4.39 Å². The number of amides is 1. The molecule has 1 aromatic rings. The Morgan fingerprint density at radius 3 is 2.71 bits per heavy atom. The van der Waals surface area contributed by atoms with E-state index in [2.05, 4.69) is 0 Å². The predicted molar refractivity (Wildman–Crippen MR) is 50.7 cm³/mol. The van der Waals surface area contributed by atoms with E-state index in [1.807, 2.05) is 0 Å². The van der Waals surface area contributed by atoms with Crippen molar-refractivity contribution in [3.05, 3.63) is 29.6 Å². The molecule has 1 amide bonds. The Morgan fingerprint density at radius 2 is 2.21 bits per heavy atom. The Labute approximate surface area is 85.6 Å². The Morgan fingerprint density at radius 1 is 1.57 bits per heavy atom. The smallest absolute Gasteiger partial charge is 0.240 e. The van der Waals surface area contributed by atoms with Crippen molar-refractivity contribution < 1.29 is 13.9 Å². The van der Waals surface area contributed by atoms with Crippen molar-refractivity contribution >= 4 is 17.5 Å². The van der Waals surface area contributed by atoms with Gasteiger partial charge in [-0.05, 0) is 17.7 Å². The Hall–Kier alpha value is -1.29. The van der Waals surface area contributed by atoms with Gasteiger partial charge in [-0.1, -0.05) is 0 Å². The van der Waals surface area contributed by atoms with Gasteiger partial charge in [0.05, 0.1) is 7.11 Å². The molecule has 0 aliphatic rings. The fourth-order valence-electron chi connectivity index (χ4n) is 1.01. The van der Waals surface area contributed by atoms with Crippen LogP contribution in [0, 0.1) is 5.82 Å². The van der Waals surface area contributed by atoms with Gasteiger partial charge in [0.15, 0.2) is 0 Å². The van der Waals surface area contributed by atoms with Crippen LogP contribution in [-0.2, 0) is 4.79 Å². The maximum Gasteiger partial charge on any atom is 0.240 e. The number of alkyl halides is 1. The predicted octanol–water partition coefficient (Wildman–Crippen LogP) is 1.60. The molecule has 2 N–H and O–H groups in total. The van der Waals surface area contributed by atoms with Gasteiger partial charge < -0.3 is 10.5 Å². The number of nitrogens with two attached hydrogens (primary N) is 1. The highest BCUT2D eigenvalue weighted by molar-refractivity contribution is 6.30. The maximum atomic E-state index is 12.9. The number of rotatable bonds is 3. The van der Waals surface area contributed by atoms with Crippen LogP contribution in [0.3, 0.4) is 0 Å². The molecule has 0 aliphatic heterocycles. The van der Waals surface area contributed by atoms with Gasteiger partial charge in [0, 0.05) is 6.07 Å². The van der Waals surface area contributed by atoms with Crippen LogP contribution in [-0.4, -0.2) is 13.0 Å². The minimum Gasteiger partial charge on any atom is -0.497 e. The lowest BCUT2D eigenvalue weighted by atomic mass is 10.1. The van der Waals surface area contributed by atoms with Crippen molar-refractivity contribution in [2.75, 3.05) is 7.11 Å². The standard InChI is InChI=1S/C9H9ClFNO2/c1-14-7-3-5(2-6(11)4-7)8(10)9(12)13/h2-4,8H,1H3,(H2,12,13). The van der Waals surface area contributed by atoms with E-state index in [1.165, 1.54) is 19.2 Å². The van der Waals surface area contributed by atoms with E-state index < -0.39 is 17.1 Å². The van der Waals surface area contributed by atoms with Gasteiger partial charge in [0.25, 0.3) is 0 Å². The number of hydrogen-bond acceptors (Lipinski definition) is 2. The SMILES string of the molecule is COc1cc(F)cc(C(Cl)C(N)=O)c1. The molecule has 0 aromatic heterocycles. The molecule has 0 heterocycles. The molecule has 0 saturated heterocycles. The zero-order valence-corrected chi connectivity index (χ0v) is 8.22. The van der Waals surface area contributed by atoms with Crippen molar-refractivity contribution in [3.63, 3.8) is 0 Å². The third kappa shape index (κ3) is 2.35. The molecule has 0 fully saturated rings. The molecule has 76 valence electrons. The molecule has 1 rings (SSSR count). The van der Waals surface area contributed by atoms with Crippen molar-refractivity contribution in [3.8, 4) is 5.75 Å². The maximum absolute atomic E-state index is 12.9. The van der Waals surface area contributed by atoms with E-state index in [9.17, 15) is 9.18 Å². The molecule has 1 unspecified atom stereocenters. The second-order valence-corrected chi connectivity index (χ2v) is 3.13. The number of carbonyl (C=O) groups is 1. The normalized spacial score (nSPS) is 12.2. The van der Waals surface area contributed by atoms with Crippen LogP contribution in [0.25, 0.3) is 0 Å². The third-order valence-corrected chi connectivity index (χ3v) is 2.14. The summed E-state index contributed by atoms with van der Waals surface area (Å²) in [6, 6.07) is 3.80. The number of methoxy groups -OCH3 is 1. The van der Waals surface area contributed by atoms with E-state index in [4.69, 9.17) is 22.1 Å². The second kappa shape index (κ2) is 4.28. The minimum atomic E-state index is -1.04. The highest BCUT2D eigenvalue weighted by atomic mass is 35.5. The molecule has 3 nitrogen and oxygen atoms in total. The fraction of sp³-hybridized carbons (Fsp3) is 0.222. The molecule has 14 heavy (non-hydrogen) atoms. The average molecular weight is 218 g/mol. The summed E-state index contributed by atoms with van der Waals surface area (Å²) in [5, 5.41) is -1.04. The first kappa shape index (κ1) is 10.8. The monoisotopic (exact) mass is 217 g/mol. The number of benzene rings is 1. The van der Waals surface area contributed by atoms with Crippen molar-refractivity contribution in [2.24, 2.45) is 5.73 Å². The average Bonchev–Trinajstić information content (AvgIpc) is 2.15. The lowest BCUT2D eigenvalue weighted by Crippen LogP contribution is -2.17. The Balaban J connectivity index is 3.08. The summed E-state index contributed by atoms with van der Waals surface area (Å²) >= 11 is 5.65. The summed E-state index contributed by atoms with van der Waals surface area (Å²) in [5.74, 6) is -0.947. The van der Waals surface area contributed by atoms with Gasteiger partial charge >= 0.3 is 0 Å². The minimum absolute atomic E-state index is 0.288. The molecular formula is C9H9ClFNO2. The van der Waals surface area contributed by atoms with Crippen LogP contribution in [0.5, 0.6) is 5.75 Å². The summed E-state index contributed by atoms with van der Waals surface area (Å²) in [6.07, 6.45) is 0. The molecule has 0 saturated carbocycles. The summed E-state index contributed by atoms with van der Waals surface area (Å²) in [5.41, 5.74) is 5.26. The molecule has 0 aliphatic carbocycles. The number of hydrogen-bond donors (Lipinski definition) is 1. The van der Waals surface area contributed by atoms with Crippen molar-refractivity contribution in [1.29, 1.82) is 0 Å². The van der Waals surface area contributed by atoms with Crippen LogP contribution < -0.4 is 10.5 Å². The fourth-order valence-corrected chi connectivity index (χ4v) is 1.14. The van der Waals surface area contributed by atoms with Gasteiger partial charge in [-0.2, -0.15) is 0 Å². The second-order valence-electron chi connectivity index (χ2n) is 2.69. The Kier molecular flexibility index (Phi) is 3.30. The summed E-state index contributed by atoms with van der Waals surface area (Å²) in [4.78, 5) is 10.7. The van der Waals surface area contributed by atoms with Crippen molar-refractivity contribution in [2.45, 2.75) is 5.38 Å². The highest BCUT2D eigenvalue weighted by Crippen LogP contribution is 2.25. The quantitative estimate of drug-likeness (QED) is 0.782. The van der Waals surface area contributed by atoms with E-state index in [0.717, 1.165) is 6.07 Å². The highest BCUT2D eigenvalue weighted by Gasteiger charge is 2.15. The van der Waals surface area contributed by atoms with Gasteiger partial charge in [-0.3, -0.25) is 4.79 Å². The lowest BCUT2D eigenvalue weighted by Gasteiger charge is -2.07. The summed E-state index contributed by atoms with van der Waals surface area (Å²) in [6.45, 7) is 0. The van der Waals surface area contributed by atoms with Gasteiger partial charge in [0.1, 0.15) is 16.9 Å². The van der Waals surface area contributed by atoms with Crippen LogP contribution in [0.2, 0.25) is 0 Å². The first-order valence-corrected chi connectivity index (χ1v) is 4.26. The van der Waals surface area contributed by atoms with Crippen LogP contribution in [0.15, 0.2) is 18.2 Å². The summed E-state index contributed by atoms with van der Waals surface area (Å²) < 4.78 is 17.8. The largest absolute Gasteiger partial charge is 0.497 e. The van der Waals surface area contributed by atoms with E-state index in [1.54, 1.807) is 0 Å². The van der Waals surface area contributed by atoms with Crippen LogP contribution in [0.4, 0.5) is 4.39 Å². The Bertz CT molecular complexity index is 357. The zero-order chi connectivity index (χ0) is 10.7. The van der Waals surface area contributed by atoms with Gasteiger partial charge in [0.2, 0.25) is 5.91 Å². The van der Waals surface area contributed by atoms with Gasteiger partial charge in [-0.15, -0.1) is 11.6 Å². The molecule has 0 bridgehead atoms.